The van der Waals surface area contributed by atoms with Gasteiger partial charge in [0.05, 0.1) is 5.56 Å². The van der Waals surface area contributed by atoms with Crippen LogP contribution >= 0.6 is 23.1 Å². The summed E-state index contributed by atoms with van der Waals surface area (Å²) in [6, 6.07) is 8.31. The zero-order valence-electron chi connectivity index (χ0n) is 11.3. The molecule has 0 aliphatic carbocycles. The van der Waals surface area contributed by atoms with E-state index in [2.05, 4.69) is 0 Å². The second-order valence-corrected chi connectivity index (χ2v) is 6.98. The van der Waals surface area contributed by atoms with E-state index in [0.29, 0.717) is 6.54 Å². The SMILES string of the molecule is O=C(c1ccc(C(F)(F)F)cc1)N1CCS[C@H]1c1cccs1. The van der Waals surface area contributed by atoms with E-state index in [0.717, 1.165) is 22.8 Å². The number of hydrogen-bond donors (Lipinski definition) is 0. The van der Waals surface area contributed by atoms with Crippen LogP contribution in [0.3, 0.4) is 0 Å². The summed E-state index contributed by atoms with van der Waals surface area (Å²) in [7, 11) is 0. The Bertz CT molecular complexity index is 652. The lowest BCUT2D eigenvalue weighted by Gasteiger charge is -2.23. The largest absolute Gasteiger partial charge is 0.416 e. The van der Waals surface area contributed by atoms with E-state index < -0.39 is 11.7 Å². The summed E-state index contributed by atoms with van der Waals surface area (Å²) in [5, 5.41) is 1.91. The third kappa shape index (κ3) is 3.01. The molecule has 0 unspecified atom stereocenters. The topological polar surface area (TPSA) is 20.3 Å². The van der Waals surface area contributed by atoms with Gasteiger partial charge in [-0.25, -0.2) is 0 Å². The molecule has 1 saturated heterocycles. The van der Waals surface area contributed by atoms with Crippen LogP contribution in [0.15, 0.2) is 41.8 Å². The maximum absolute atomic E-state index is 12.6. The van der Waals surface area contributed by atoms with Crippen molar-refractivity contribution in [1.29, 1.82) is 0 Å². The Kier molecular flexibility index (Phi) is 4.18. The summed E-state index contributed by atoms with van der Waals surface area (Å²) in [5.74, 6) is 0.603. The quantitative estimate of drug-likeness (QED) is 0.791. The molecule has 2 heterocycles. The van der Waals surface area contributed by atoms with Crippen LogP contribution in [0.5, 0.6) is 0 Å². The van der Waals surface area contributed by atoms with Gasteiger partial charge in [-0.15, -0.1) is 23.1 Å². The third-order valence-electron chi connectivity index (χ3n) is 3.40. The molecule has 0 bridgehead atoms. The summed E-state index contributed by atoms with van der Waals surface area (Å²) >= 11 is 3.25. The van der Waals surface area contributed by atoms with E-state index in [1.54, 1.807) is 28.0 Å². The van der Waals surface area contributed by atoms with Crippen LogP contribution in [0.2, 0.25) is 0 Å². The van der Waals surface area contributed by atoms with Crippen LogP contribution in [-0.2, 0) is 6.18 Å². The van der Waals surface area contributed by atoms with Gasteiger partial charge in [-0.1, -0.05) is 6.07 Å². The normalized spacial score (nSPS) is 18.7. The summed E-state index contributed by atoms with van der Waals surface area (Å²) in [6.45, 7) is 0.604. The van der Waals surface area contributed by atoms with Crippen molar-refractivity contribution in [1.82, 2.24) is 4.90 Å². The molecule has 1 aromatic heterocycles. The molecule has 1 aliphatic heterocycles. The first-order valence-corrected chi connectivity index (χ1v) is 8.53. The third-order valence-corrected chi connectivity index (χ3v) is 5.71. The van der Waals surface area contributed by atoms with Crippen molar-refractivity contribution < 1.29 is 18.0 Å². The Morgan fingerprint density at radius 3 is 2.50 bits per heavy atom. The predicted octanol–water partition coefficient (Wildman–Crippen LogP) is 4.65. The Hall–Kier alpha value is -1.47. The van der Waals surface area contributed by atoms with Gasteiger partial charge in [0.25, 0.3) is 5.91 Å². The van der Waals surface area contributed by atoms with Gasteiger partial charge in [0.2, 0.25) is 0 Å². The average Bonchev–Trinajstić information content (AvgIpc) is 3.16. The van der Waals surface area contributed by atoms with Crippen LogP contribution < -0.4 is 0 Å². The van der Waals surface area contributed by atoms with Crippen molar-refractivity contribution in [3.63, 3.8) is 0 Å². The molecular weight excluding hydrogens is 331 g/mol. The minimum absolute atomic E-state index is 0.0465. The van der Waals surface area contributed by atoms with Crippen LogP contribution in [-0.4, -0.2) is 23.1 Å². The predicted molar refractivity (Wildman–Crippen MR) is 82.0 cm³/mol. The molecule has 116 valence electrons. The van der Waals surface area contributed by atoms with Crippen molar-refractivity contribution in [3.05, 3.63) is 57.8 Å². The molecule has 3 rings (SSSR count). The molecule has 1 amide bonds. The maximum Gasteiger partial charge on any atom is 0.416 e. The number of amides is 1. The molecule has 0 radical (unpaired) electrons. The highest BCUT2D eigenvalue weighted by atomic mass is 32.2. The monoisotopic (exact) mass is 343 g/mol. The van der Waals surface area contributed by atoms with E-state index in [1.165, 1.54) is 12.1 Å². The van der Waals surface area contributed by atoms with E-state index in [9.17, 15) is 18.0 Å². The molecule has 1 atom stereocenters. The Labute approximate surface area is 133 Å². The molecule has 1 fully saturated rings. The molecule has 1 aromatic carbocycles. The zero-order valence-corrected chi connectivity index (χ0v) is 13.0. The summed E-state index contributed by atoms with van der Waals surface area (Å²) in [5.41, 5.74) is -0.452. The number of rotatable bonds is 2. The number of carbonyl (C=O) groups excluding carboxylic acids is 1. The van der Waals surface area contributed by atoms with E-state index >= 15 is 0 Å². The van der Waals surface area contributed by atoms with Crippen LogP contribution in [0.1, 0.15) is 26.2 Å². The summed E-state index contributed by atoms with van der Waals surface area (Å²) in [4.78, 5) is 15.4. The first-order valence-electron chi connectivity index (χ1n) is 6.60. The van der Waals surface area contributed by atoms with Crippen molar-refractivity contribution in [3.8, 4) is 0 Å². The molecule has 2 aromatic rings. The summed E-state index contributed by atoms with van der Waals surface area (Å²) < 4.78 is 37.7. The lowest BCUT2D eigenvalue weighted by molar-refractivity contribution is -0.137. The number of hydrogen-bond acceptors (Lipinski definition) is 3. The lowest BCUT2D eigenvalue weighted by atomic mass is 10.1. The average molecular weight is 343 g/mol. The van der Waals surface area contributed by atoms with Gasteiger partial charge in [-0.3, -0.25) is 4.79 Å². The zero-order chi connectivity index (χ0) is 15.7. The molecule has 7 heteroatoms. The molecule has 22 heavy (non-hydrogen) atoms. The highest BCUT2D eigenvalue weighted by Gasteiger charge is 2.33. The van der Waals surface area contributed by atoms with E-state index in [1.807, 2.05) is 17.5 Å². The van der Waals surface area contributed by atoms with Gasteiger partial charge in [-0.2, -0.15) is 13.2 Å². The van der Waals surface area contributed by atoms with E-state index in [-0.39, 0.29) is 16.8 Å². The Morgan fingerprint density at radius 2 is 1.91 bits per heavy atom. The van der Waals surface area contributed by atoms with Gasteiger partial charge in [0, 0.05) is 22.7 Å². The minimum atomic E-state index is -4.38. The number of carbonyl (C=O) groups is 1. The lowest BCUT2D eigenvalue weighted by Crippen LogP contribution is -2.30. The number of alkyl halides is 3. The first kappa shape index (κ1) is 15.4. The maximum atomic E-state index is 12.6. The highest BCUT2D eigenvalue weighted by molar-refractivity contribution is 7.99. The summed E-state index contributed by atoms with van der Waals surface area (Å²) in [6.07, 6.45) is -4.38. The highest BCUT2D eigenvalue weighted by Crippen LogP contribution is 2.40. The first-order chi connectivity index (χ1) is 10.5. The van der Waals surface area contributed by atoms with Crippen molar-refractivity contribution >= 4 is 29.0 Å². The number of benzene rings is 1. The van der Waals surface area contributed by atoms with Crippen LogP contribution in [0, 0.1) is 0 Å². The molecule has 0 spiro atoms. The Balaban J connectivity index is 1.81. The minimum Gasteiger partial charge on any atom is -0.321 e. The molecule has 1 aliphatic rings. The standard InChI is InChI=1S/C15H12F3NOS2/c16-15(17,18)11-5-3-10(4-6-11)13(20)19-7-9-22-14(19)12-2-1-8-21-12/h1-6,8,14H,7,9H2/t14-/m0/s1. The second-order valence-electron chi connectivity index (χ2n) is 4.81. The smallest absolute Gasteiger partial charge is 0.321 e. The van der Waals surface area contributed by atoms with Crippen LogP contribution in [0.4, 0.5) is 13.2 Å². The molecule has 2 nitrogen and oxygen atoms in total. The van der Waals surface area contributed by atoms with E-state index in [4.69, 9.17) is 0 Å². The van der Waals surface area contributed by atoms with Gasteiger partial charge in [-0.05, 0) is 35.7 Å². The number of thiophene rings is 1. The Morgan fingerprint density at radius 1 is 1.18 bits per heavy atom. The fourth-order valence-electron chi connectivity index (χ4n) is 2.31. The number of nitrogens with zero attached hydrogens (tertiary/aromatic N) is 1. The fourth-order valence-corrected chi connectivity index (χ4v) is 4.55. The van der Waals surface area contributed by atoms with Crippen molar-refractivity contribution in [2.45, 2.75) is 11.6 Å². The van der Waals surface area contributed by atoms with Crippen molar-refractivity contribution in [2.24, 2.45) is 0 Å². The molecule has 0 saturated carbocycles. The second kappa shape index (κ2) is 5.96. The van der Waals surface area contributed by atoms with Gasteiger partial charge >= 0.3 is 6.18 Å². The molecular formula is C15H12F3NOS2. The van der Waals surface area contributed by atoms with Gasteiger partial charge < -0.3 is 4.90 Å². The molecule has 0 N–H and O–H groups in total. The number of thioether (sulfide) groups is 1. The van der Waals surface area contributed by atoms with Gasteiger partial charge in [0.1, 0.15) is 5.37 Å². The van der Waals surface area contributed by atoms with Gasteiger partial charge in [0.15, 0.2) is 0 Å². The van der Waals surface area contributed by atoms with Crippen LogP contribution in [0.25, 0.3) is 0 Å². The van der Waals surface area contributed by atoms with Crippen molar-refractivity contribution in [2.75, 3.05) is 12.3 Å². The fraction of sp³-hybridized carbons (Fsp3) is 0.267. The number of halogens is 3.